The molecule has 3 aromatic carbocycles. The van der Waals surface area contributed by atoms with E-state index in [1.165, 1.54) is 30.9 Å². The van der Waals surface area contributed by atoms with Gasteiger partial charge in [-0.15, -0.1) is 0 Å². The van der Waals surface area contributed by atoms with Crippen LogP contribution in [0.4, 0.5) is 5.82 Å². The number of hydrogen-bond acceptors (Lipinski definition) is 12. The highest BCUT2D eigenvalue weighted by atomic mass is 31.2. The molecule has 15 heteroatoms. The monoisotopic (exact) mass is 801 g/mol. The fraction of sp³-hybridized carbons (Fsp3) is 0.429. The minimum Gasteiger partial charge on any atom is -0.497 e. The van der Waals surface area contributed by atoms with Gasteiger partial charge in [-0.3, -0.25) is 9.36 Å². The summed E-state index contributed by atoms with van der Waals surface area (Å²) in [6, 6.07) is 29.0. The molecule has 0 spiro atoms. The number of nitriles is 1. The van der Waals surface area contributed by atoms with E-state index in [0.29, 0.717) is 11.5 Å². The first-order chi connectivity index (χ1) is 27.5. The number of benzene rings is 3. The maximum absolute atomic E-state index is 13.6. The SMILES string of the molecule is COc1ccc(C(OC[C@H]2O[C@@H](n3ccc(NC(C)=O)nc3=O)C(OC)[C@H]2OP(OCCC#N)N(C(C)C)C(C)C)(c2ccccc2)c2ccc(OC)cc2)cc1. The fourth-order valence-corrected chi connectivity index (χ4v) is 8.75. The number of amides is 1. The third-order valence-corrected chi connectivity index (χ3v) is 11.6. The number of carbonyl (C=O) groups excluding carboxylic acids is 1. The molecule has 14 nitrogen and oxygen atoms in total. The number of hydrogen-bond donors (Lipinski definition) is 1. The number of ether oxygens (including phenoxy) is 5. The van der Waals surface area contributed by atoms with Crippen molar-refractivity contribution in [1.29, 1.82) is 5.26 Å². The van der Waals surface area contributed by atoms with E-state index in [1.807, 2.05) is 78.9 Å². The molecule has 57 heavy (non-hydrogen) atoms. The predicted molar refractivity (Wildman–Crippen MR) is 216 cm³/mol. The van der Waals surface area contributed by atoms with Gasteiger partial charge in [-0.25, -0.2) is 9.46 Å². The molecule has 0 saturated carbocycles. The Morgan fingerprint density at radius 3 is 1.98 bits per heavy atom. The minimum atomic E-state index is -1.79. The highest BCUT2D eigenvalue weighted by molar-refractivity contribution is 7.44. The van der Waals surface area contributed by atoms with Crippen molar-refractivity contribution in [1.82, 2.24) is 14.2 Å². The third-order valence-electron chi connectivity index (χ3n) is 9.48. The zero-order chi connectivity index (χ0) is 41.1. The number of carbonyl (C=O) groups is 1. The minimum absolute atomic E-state index is 0.0102. The highest BCUT2D eigenvalue weighted by Crippen LogP contribution is 2.51. The molecular formula is C42H52N5O9P. The van der Waals surface area contributed by atoms with Crippen molar-refractivity contribution < 1.29 is 37.5 Å². The Bertz CT molecular complexity index is 1930. The molecule has 1 fully saturated rings. The molecular weight excluding hydrogens is 749 g/mol. The summed E-state index contributed by atoms with van der Waals surface area (Å²) in [5, 5.41) is 11.9. The van der Waals surface area contributed by atoms with E-state index in [9.17, 15) is 14.9 Å². The van der Waals surface area contributed by atoms with Gasteiger partial charge in [0.05, 0.1) is 39.9 Å². The summed E-state index contributed by atoms with van der Waals surface area (Å²) < 4.78 is 48.0. The number of aromatic nitrogens is 2. The first kappa shape index (κ1) is 43.4. The molecule has 0 bridgehead atoms. The average Bonchev–Trinajstić information content (AvgIpc) is 3.54. The maximum atomic E-state index is 13.6. The van der Waals surface area contributed by atoms with Gasteiger partial charge in [-0.1, -0.05) is 54.6 Å². The lowest BCUT2D eigenvalue weighted by Crippen LogP contribution is -2.43. The van der Waals surface area contributed by atoms with Gasteiger partial charge in [0.2, 0.25) is 5.91 Å². The first-order valence-corrected chi connectivity index (χ1v) is 19.9. The number of anilines is 1. The van der Waals surface area contributed by atoms with Crippen LogP contribution in [-0.2, 0) is 33.7 Å². The predicted octanol–water partition coefficient (Wildman–Crippen LogP) is 6.80. The summed E-state index contributed by atoms with van der Waals surface area (Å²) in [5.74, 6) is 1.11. The molecule has 4 aromatic rings. The third kappa shape index (κ3) is 10.1. The van der Waals surface area contributed by atoms with Crippen LogP contribution in [0.1, 0.15) is 64.0 Å². The van der Waals surface area contributed by atoms with Crippen LogP contribution in [0.5, 0.6) is 11.5 Å². The van der Waals surface area contributed by atoms with E-state index < -0.39 is 44.4 Å². The Balaban J connectivity index is 1.65. The Labute approximate surface area is 335 Å². The van der Waals surface area contributed by atoms with E-state index in [1.54, 1.807) is 14.2 Å². The summed E-state index contributed by atoms with van der Waals surface area (Å²) >= 11 is 0. The van der Waals surface area contributed by atoms with Gasteiger partial charge in [-0.2, -0.15) is 10.2 Å². The molecule has 5 rings (SSSR count). The van der Waals surface area contributed by atoms with Crippen molar-refractivity contribution in [2.45, 2.75) is 83.3 Å². The molecule has 304 valence electrons. The summed E-state index contributed by atoms with van der Waals surface area (Å²) in [7, 11) is 2.97. The summed E-state index contributed by atoms with van der Waals surface area (Å²) in [4.78, 5) is 29.4. The zero-order valence-corrected chi connectivity index (χ0v) is 34.6. The molecule has 2 heterocycles. The maximum Gasteiger partial charge on any atom is 0.351 e. The molecule has 1 saturated heterocycles. The smallest absolute Gasteiger partial charge is 0.351 e. The largest absolute Gasteiger partial charge is 0.497 e. The number of nitrogens with zero attached hydrogens (tertiary/aromatic N) is 4. The van der Waals surface area contributed by atoms with Crippen LogP contribution >= 0.6 is 8.53 Å². The lowest BCUT2D eigenvalue weighted by molar-refractivity contribution is -0.114. The molecule has 1 aliphatic rings. The van der Waals surface area contributed by atoms with E-state index in [4.69, 9.17) is 32.7 Å². The van der Waals surface area contributed by atoms with Crippen LogP contribution in [0.2, 0.25) is 0 Å². The van der Waals surface area contributed by atoms with Gasteiger partial charge in [0.25, 0.3) is 8.53 Å². The van der Waals surface area contributed by atoms with Crippen LogP contribution in [-0.4, -0.2) is 85.1 Å². The number of methoxy groups -OCH3 is 3. The van der Waals surface area contributed by atoms with Crippen molar-refractivity contribution in [3.05, 3.63) is 118 Å². The van der Waals surface area contributed by atoms with Crippen molar-refractivity contribution in [2.24, 2.45) is 0 Å². The first-order valence-electron chi connectivity index (χ1n) is 18.8. The molecule has 1 aromatic heterocycles. The number of rotatable bonds is 19. The molecule has 1 amide bonds. The second kappa shape index (κ2) is 20.1. The quantitative estimate of drug-likeness (QED) is 0.0602. The van der Waals surface area contributed by atoms with Crippen LogP contribution < -0.4 is 20.5 Å². The van der Waals surface area contributed by atoms with Crippen molar-refractivity contribution >= 4 is 20.3 Å². The summed E-state index contributed by atoms with van der Waals surface area (Å²) in [6.45, 7) is 9.63. The Kier molecular flexibility index (Phi) is 15.3. The van der Waals surface area contributed by atoms with Crippen LogP contribution in [0.25, 0.3) is 0 Å². The standard InChI is InChI=1S/C42H52N5O9P/c1-28(2)47(29(3)4)57(54-26-12-24-43)56-38-36(55-40(39(38)52-8)46-25-23-37(44-30(5)48)45-41(46)49)27-53-42(31-13-10-9-11-14-31,32-15-19-34(50-6)20-16-32)33-17-21-35(51-7)22-18-33/h9-11,13-23,25,28-29,36,38-40H,12,26-27H2,1-8H3,(H,44,45,48,49)/t36-,38+,39?,40-,57?/m1/s1. The molecule has 1 N–H and O–H groups in total. The normalized spacial score (nSPS) is 18.8. The molecule has 5 atom stereocenters. The van der Waals surface area contributed by atoms with Gasteiger partial charge >= 0.3 is 5.69 Å². The van der Waals surface area contributed by atoms with Crippen molar-refractivity contribution in [3.63, 3.8) is 0 Å². The van der Waals surface area contributed by atoms with E-state index in [2.05, 4.69) is 48.7 Å². The van der Waals surface area contributed by atoms with Gasteiger partial charge in [0.1, 0.15) is 41.2 Å². The Morgan fingerprint density at radius 2 is 1.49 bits per heavy atom. The van der Waals surface area contributed by atoms with E-state index in [0.717, 1.165) is 16.7 Å². The summed E-state index contributed by atoms with van der Waals surface area (Å²) in [6.07, 6.45) is -1.90. The van der Waals surface area contributed by atoms with Crippen LogP contribution in [0, 0.1) is 11.3 Å². The zero-order valence-electron chi connectivity index (χ0n) is 33.7. The van der Waals surface area contributed by atoms with Gasteiger partial charge < -0.3 is 38.0 Å². The highest BCUT2D eigenvalue weighted by Gasteiger charge is 2.51. The second-order valence-corrected chi connectivity index (χ2v) is 15.3. The molecule has 2 unspecified atom stereocenters. The number of nitrogens with one attached hydrogen (secondary N) is 1. The van der Waals surface area contributed by atoms with Crippen molar-refractivity contribution in [3.8, 4) is 17.6 Å². The van der Waals surface area contributed by atoms with Crippen LogP contribution in [0.3, 0.4) is 0 Å². The van der Waals surface area contributed by atoms with E-state index in [-0.39, 0.29) is 43.4 Å². The summed E-state index contributed by atoms with van der Waals surface area (Å²) in [5.41, 5.74) is 0.622. The second-order valence-electron chi connectivity index (χ2n) is 13.9. The topological polar surface area (TPSA) is 156 Å². The van der Waals surface area contributed by atoms with Gasteiger partial charge in [-0.05, 0) is 74.7 Å². The van der Waals surface area contributed by atoms with Crippen LogP contribution in [0.15, 0.2) is 95.9 Å². The van der Waals surface area contributed by atoms with Gasteiger partial charge in [0.15, 0.2) is 6.23 Å². The van der Waals surface area contributed by atoms with Crippen molar-refractivity contribution in [2.75, 3.05) is 39.9 Å². The van der Waals surface area contributed by atoms with E-state index >= 15 is 0 Å². The molecule has 0 radical (unpaired) electrons. The lowest BCUT2D eigenvalue weighted by atomic mass is 9.80. The molecule has 0 aliphatic carbocycles. The average molecular weight is 802 g/mol. The lowest BCUT2D eigenvalue weighted by Gasteiger charge is -2.39. The Morgan fingerprint density at radius 1 is 0.912 bits per heavy atom. The fourth-order valence-electron chi connectivity index (χ4n) is 6.98. The Hall–Kier alpha value is -4.71. The van der Waals surface area contributed by atoms with Gasteiger partial charge in [0, 0.05) is 32.3 Å². The molecule has 1 aliphatic heterocycles.